The van der Waals surface area contributed by atoms with Gasteiger partial charge in [-0.2, -0.15) is 0 Å². The quantitative estimate of drug-likeness (QED) is 0.797. The Bertz CT molecular complexity index is 554. The summed E-state index contributed by atoms with van der Waals surface area (Å²) in [4.78, 5) is 17.6. The van der Waals surface area contributed by atoms with Gasteiger partial charge >= 0.3 is 6.09 Å². The molecule has 1 spiro atoms. The molecule has 2 fully saturated rings. The summed E-state index contributed by atoms with van der Waals surface area (Å²) < 4.78 is 18.5. The number of carbonyl (C=O) groups is 1. The molecule has 21 heavy (non-hydrogen) atoms. The van der Waals surface area contributed by atoms with Gasteiger partial charge in [-0.3, -0.25) is 4.98 Å². The summed E-state index contributed by atoms with van der Waals surface area (Å²) >= 11 is 0. The molecule has 114 valence electrons. The first-order valence-electron chi connectivity index (χ1n) is 7.35. The van der Waals surface area contributed by atoms with E-state index in [0.29, 0.717) is 5.92 Å². The van der Waals surface area contributed by atoms with Gasteiger partial charge in [0.15, 0.2) is 0 Å². The predicted molar refractivity (Wildman–Crippen MR) is 76.4 cm³/mol. The smallest absolute Gasteiger partial charge is 0.410 e. The molecular weight excluding hydrogens is 271 g/mol. The fourth-order valence-corrected chi connectivity index (χ4v) is 3.35. The van der Waals surface area contributed by atoms with Gasteiger partial charge in [0, 0.05) is 24.7 Å². The molecule has 5 heteroatoms. The Kier molecular flexibility index (Phi) is 3.19. The van der Waals surface area contributed by atoms with Crippen LogP contribution in [0.1, 0.15) is 45.1 Å². The highest BCUT2D eigenvalue weighted by Gasteiger charge is 2.54. The molecule has 2 aliphatic rings. The highest BCUT2D eigenvalue weighted by Crippen LogP contribution is 2.56. The summed E-state index contributed by atoms with van der Waals surface area (Å²) in [6, 6.07) is 1.56. The second kappa shape index (κ2) is 4.68. The topological polar surface area (TPSA) is 42.4 Å². The number of pyridine rings is 1. The molecule has 0 N–H and O–H groups in total. The van der Waals surface area contributed by atoms with Gasteiger partial charge in [0.2, 0.25) is 0 Å². The Hall–Kier alpha value is -1.65. The van der Waals surface area contributed by atoms with E-state index in [1.165, 1.54) is 6.20 Å². The summed E-state index contributed by atoms with van der Waals surface area (Å²) in [5, 5.41) is 0. The Labute approximate surface area is 124 Å². The predicted octanol–water partition coefficient (Wildman–Crippen LogP) is 3.34. The summed E-state index contributed by atoms with van der Waals surface area (Å²) in [7, 11) is 0. The number of carbonyl (C=O) groups excluding carboxylic acids is 1. The van der Waals surface area contributed by atoms with Gasteiger partial charge < -0.3 is 9.64 Å². The first-order valence-corrected chi connectivity index (χ1v) is 7.35. The third kappa shape index (κ3) is 2.87. The molecular formula is C16H21FN2O2. The van der Waals surface area contributed by atoms with E-state index >= 15 is 0 Å². The van der Waals surface area contributed by atoms with Crippen LogP contribution in [0, 0.1) is 11.2 Å². The molecule has 2 heterocycles. The first kappa shape index (κ1) is 14.3. The lowest BCUT2D eigenvalue weighted by Crippen LogP contribution is -2.63. The van der Waals surface area contributed by atoms with Gasteiger partial charge in [-0.25, -0.2) is 9.18 Å². The van der Waals surface area contributed by atoms with Gasteiger partial charge in [0.1, 0.15) is 11.4 Å². The van der Waals surface area contributed by atoms with Crippen LogP contribution in [0.2, 0.25) is 0 Å². The Morgan fingerprint density at radius 3 is 2.62 bits per heavy atom. The van der Waals surface area contributed by atoms with Crippen molar-refractivity contribution in [2.75, 3.05) is 13.1 Å². The maximum absolute atomic E-state index is 13.2. The maximum atomic E-state index is 13.2. The van der Waals surface area contributed by atoms with Crippen LogP contribution >= 0.6 is 0 Å². The molecule has 1 amide bonds. The van der Waals surface area contributed by atoms with Gasteiger partial charge in [0.25, 0.3) is 0 Å². The maximum Gasteiger partial charge on any atom is 0.410 e. The SMILES string of the molecule is CC(C)(C)OC(=O)N1CC2(CC(c3cncc(F)c3)C2)C1. The minimum absolute atomic E-state index is 0.216. The van der Waals surface area contributed by atoms with Crippen molar-refractivity contribution < 1.29 is 13.9 Å². The van der Waals surface area contributed by atoms with Crippen molar-refractivity contribution in [2.45, 2.75) is 45.1 Å². The third-order valence-corrected chi connectivity index (χ3v) is 4.26. The van der Waals surface area contributed by atoms with Crippen LogP contribution in [0.15, 0.2) is 18.5 Å². The standard InChI is InChI=1S/C16H21FN2O2/c1-15(2,3)21-14(20)19-9-16(10-19)5-12(6-16)11-4-13(17)8-18-7-11/h4,7-8,12H,5-6,9-10H2,1-3H3. The summed E-state index contributed by atoms with van der Waals surface area (Å²) in [5.41, 5.74) is 0.736. The number of hydrogen-bond acceptors (Lipinski definition) is 3. The summed E-state index contributed by atoms with van der Waals surface area (Å²) in [6.45, 7) is 7.12. The second-order valence-corrected chi connectivity index (χ2v) is 7.38. The largest absolute Gasteiger partial charge is 0.444 e. The number of halogens is 1. The highest BCUT2D eigenvalue weighted by molar-refractivity contribution is 5.69. The van der Waals surface area contributed by atoms with Crippen molar-refractivity contribution in [3.63, 3.8) is 0 Å². The summed E-state index contributed by atoms with van der Waals surface area (Å²) in [6.07, 6.45) is 4.73. The van der Waals surface area contributed by atoms with E-state index in [0.717, 1.165) is 31.5 Å². The van der Waals surface area contributed by atoms with Gasteiger partial charge in [-0.15, -0.1) is 0 Å². The van der Waals surface area contributed by atoms with Crippen LogP contribution in [0.3, 0.4) is 0 Å². The molecule has 1 aliphatic carbocycles. The fourth-order valence-electron chi connectivity index (χ4n) is 3.35. The molecule has 1 saturated heterocycles. The van der Waals surface area contributed by atoms with Crippen LogP contribution < -0.4 is 0 Å². The molecule has 0 radical (unpaired) electrons. The molecule has 0 aromatic carbocycles. The highest BCUT2D eigenvalue weighted by atomic mass is 19.1. The van der Waals surface area contributed by atoms with Crippen molar-refractivity contribution in [1.29, 1.82) is 0 Å². The van der Waals surface area contributed by atoms with Crippen molar-refractivity contribution >= 4 is 6.09 Å². The van der Waals surface area contributed by atoms with Crippen LogP contribution in [0.25, 0.3) is 0 Å². The van der Waals surface area contributed by atoms with Gasteiger partial charge in [0.05, 0.1) is 6.20 Å². The number of aromatic nitrogens is 1. The molecule has 1 aliphatic heterocycles. The molecule has 1 aromatic rings. The van der Waals surface area contributed by atoms with Crippen molar-refractivity contribution in [2.24, 2.45) is 5.41 Å². The van der Waals surface area contributed by atoms with E-state index in [2.05, 4.69) is 4.98 Å². The van der Waals surface area contributed by atoms with Gasteiger partial charge in [-0.1, -0.05) is 0 Å². The normalized spacial score (nSPS) is 20.9. The van der Waals surface area contributed by atoms with E-state index in [9.17, 15) is 9.18 Å². The molecule has 1 saturated carbocycles. The van der Waals surface area contributed by atoms with E-state index in [-0.39, 0.29) is 17.3 Å². The van der Waals surface area contributed by atoms with Crippen molar-refractivity contribution in [1.82, 2.24) is 9.88 Å². The lowest BCUT2D eigenvalue weighted by atomic mass is 9.56. The minimum atomic E-state index is -0.449. The number of hydrogen-bond donors (Lipinski definition) is 0. The Balaban J connectivity index is 1.51. The lowest BCUT2D eigenvalue weighted by molar-refractivity contribution is -0.0786. The molecule has 3 rings (SSSR count). The minimum Gasteiger partial charge on any atom is -0.444 e. The van der Waals surface area contributed by atoms with Crippen molar-refractivity contribution in [3.8, 4) is 0 Å². The zero-order chi connectivity index (χ0) is 15.3. The van der Waals surface area contributed by atoms with Crippen LogP contribution in [-0.4, -0.2) is 34.7 Å². The third-order valence-electron chi connectivity index (χ3n) is 4.26. The zero-order valence-corrected chi connectivity index (χ0v) is 12.7. The Morgan fingerprint density at radius 2 is 2.05 bits per heavy atom. The van der Waals surface area contributed by atoms with E-state index < -0.39 is 5.60 Å². The first-order chi connectivity index (χ1) is 9.76. The zero-order valence-electron chi connectivity index (χ0n) is 12.7. The molecule has 0 bridgehead atoms. The van der Waals surface area contributed by atoms with Crippen LogP contribution in [0.5, 0.6) is 0 Å². The number of likely N-dealkylation sites (tertiary alicyclic amines) is 1. The lowest BCUT2D eigenvalue weighted by Gasteiger charge is -2.58. The number of rotatable bonds is 1. The molecule has 4 nitrogen and oxygen atoms in total. The van der Waals surface area contributed by atoms with E-state index in [1.807, 2.05) is 20.8 Å². The van der Waals surface area contributed by atoms with E-state index in [4.69, 9.17) is 4.74 Å². The monoisotopic (exact) mass is 292 g/mol. The number of nitrogens with zero attached hydrogens (tertiary/aromatic N) is 2. The van der Waals surface area contributed by atoms with Gasteiger partial charge in [-0.05, 0) is 51.2 Å². The van der Waals surface area contributed by atoms with E-state index in [1.54, 1.807) is 17.2 Å². The number of ether oxygens (including phenoxy) is 1. The second-order valence-electron chi connectivity index (χ2n) is 7.38. The molecule has 0 atom stereocenters. The Morgan fingerprint density at radius 1 is 1.38 bits per heavy atom. The molecule has 1 aromatic heterocycles. The average Bonchev–Trinajstić information content (AvgIpc) is 2.22. The average molecular weight is 292 g/mol. The van der Waals surface area contributed by atoms with Crippen molar-refractivity contribution in [3.05, 3.63) is 29.8 Å². The number of amides is 1. The molecule has 0 unspecified atom stereocenters. The van der Waals surface area contributed by atoms with Crippen LogP contribution in [0.4, 0.5) is 9.18 Å². The van der Waals surface area contributed by atoms with Crippen LogP contribution in [-0.2, 0) is 4.74 Å². The fraction of sp³-hybridized carbons (Fsp3) is 0.625. The summed E-state index contributed by atoms with van der Waals surface area (Å²) in [5.74, 6) is 0.0893.